The summed E-state index contributed by atoms with van der Waals surface area (Å²) in [5.74, 6) is 0.446. The molecule has 1 aliphatic rings. The summed E-state index contributed by atoms with van der Waals surface area (Å²) in [6.45, 7) is 2.91. The van der Waals surface area contributed by atoms with Crippen LogP contribution in [0.5, 0.6) is 0 Å². The Morgan fingerprint density at radius 3 is 2.12 bits per heavy atom. The number of hydrogen-bond donors (Lipinski definition) is 2. The molecule has 0 saturated carbocycles. The minimum atomic E-state index is -1.97. The van der Waals surface area contributed by atoms with Crippen LogP contribution >= 0.6 is 8.60 Å². The maximum absolute atomic E-state index is 10.3. The van der Waals surface area contributed by atoms with Gasteiger partial charge in [0.15, 0.2) is 5.82 Å². The standard InChI is InChI=1S/C33H59N4O5P/c1-3-4-5-6-7-8-9-10-11-12-13-14-15-16-17-18-19-20-28(39-2)25-40-43(38)41-26-29-21-24-32(42-29)30-22-23-31-33(34)35-27-36-37(30)31/h22-23,27-29,32,38H,3-21,24-26H2,1-2H3,(H2,34,35,36). The van der Waals surface area contributed by atoms with Gasteiger partial charge in [-0.15, -0.1) is 0 Å². The predicted octanol–water partition coefficient (Wildman–Crippen LogP) is 8.84. The second kappa shape index (κ2) is 22.2. The maximum Gasteiger partial charge on any atom is 0.330 e. The number of ether oxygens (including phenoxy) is 2. The molecule has 246 valence electrons. The van der Waals surface area contributed by atoms with E-state index >= 15 is 0 Å². The number of methoxy groups -OCH3 is 1. The Morgan fingerprint density at radius 1 is 0.907 bits per heavy atom. The zero-order valence-electron chi connectivity index (χ0n) is 27.0. The van der Waals surface area contributed by atoms with Crippen molar-refractivity contribution in [1.29, 1.82) is 0 Å². The zero-order chi connectivity index (χ0) is 30.5. The smallest absolute Gasteiger partial charge is 0.330 e. The highest BCUT2D eigenvalue weighted by Gasteiger charge is 2.30. The molecule has 3 rings (SSSR count). The van der Waals surface area contributed by atoms with Gasteiger partial charge >= 0.3 is 8.60 Å². The fourth-order valence-corrected chi connectivity index (χ4v) is 6.62. The Balaban J connectivity index is 1.12. The number of rotatable bonds is 26. The van der Waals surface area contributed by atoms with E-state index in [9.17, 15) is 4.89 Å². The molecule has 4 atom stereocenters. The Labute approximate surface area is 261 Å². The molecular formula is C33H59N4O5P. The lowest BCUT2D eigenvalue weighted by Gasteiger charge is -2.19. The molecule has 0 aromatic carbocycles. The van der Waals surface area contributed by atoms with Crippen LogP contribution in [-0.4, -0.2) is 52.0 Å². The third-order valence-corrected chi connectivity index (χ3v) is 9.39. The van der Waals surface area contributed by atoms with Crippen molar-refractivity contribution in [3.8, 4) is 0 Å². The molecular weight excluding hydrogens is 563 g/mol. The van der Waals surface area contributed by atoms with Gasteiger partial charge in [-0.2, -0.15) is 5.10 Å². The summed E-state index contributed by atoms with van der Waals surface area (Å²) in [6, 6.07) is 3.88. The Bertz CT molecular complexity index is 980. The molecule has 2 aromatic rings. The van der Waals surface area contributed by atoms with Crippen LogP contribution < -0.4 is 5.73 Å². The first-order chi connectivity index (χ1) is 21.1. The van der Waals surface area contributed by atoms with Gasteiger partial charge in [0.05, 0.1) is 31.1 Å². The van der Waals surface area contributed by atoms with Gasteiger partial charge in [0.1, 0.15) is 17.9 Å². The molecule has 10 heteroatoms. The lowest BCUT2D eigenvalue weighted by molar-refractivity contribution is 0.00489. The fourth-order valence-electron chi connectivity index (χ4n) is 5.96. The van der Waals surface area contributed by atoms with Crippen molar-refractivity contribution in [2.24, 2.45) is 0 Å². The molecule has 43 heavy (non-hydrogen) atoms. The van der Waals surface area contributed by atoms with E-state index in [1.807, 2.05) is 12.1 Å². The van der Waals surface area contributed by atoms with E-state index in [4.69, 9.17) is 24.3 Å². The molecule has 3 heterocycles. The van der Waals surface area contributed by atoms with Crippen LogP contribution in [0.25, 0.3) is 5.52 Å². The highest BCUT2D eigenvalue weighted by Crippen LogP contribution is 2.38. The van der Waals surface area contributed by atoms with Crippen molar-refractivity contribution < 1.29 is 23.4 Å². The maximum atomic E-state index is 10.3. The number of hydrogen-bond acceptors (Lipinski definition) is 8. The van der Waals surface area contributed by atoms with E-state index in [0.717, 1.165) is 36.9 Å². The first-order valence-electron chi connectivity index (χ1n) is 17.1. The Kier molecular flexibility index (Phi) is 18.7. The molecule has 4 unspecified atom stereocenters. The quantitative estimate of drug-likeness (QED) is 0.0790. The lowest BCUT2D eigenvalue weighted by Crippen LogP contribution is -2.18. The van der Waals surface area contributed by atoms with Crippen molar-refractivity contribution >= 4 is 19.9 Å². The van der Waals surface area contributed by atoms with Crippen LogP contribution in [0.4, 0.5) is 5.82 Å². The Morgan fingerprint density at radius 2 is 1.51 bits per heavy atom. The van der Waals surface area contributed by atoms with Crippen LogP contribution in [0.3, 0.4) is 0 Å². The molecule has 2 aromatic heterocycles. The molecule has 0 radical (unpaired) electrons. The van der Waals surface area contributed by atoms with Gasteiger partial charge < -0.3 is 29.1 Å². The minimum absolute atomic E-state index is 0.0266. The van der Waals surface area contributed by atoms with Crippen molar-refractivity contribution in [3.05, 3.63) is 24.2 Å². The van der Waals surface area contributed by atoms with E-state index < -0.39 is 8.60 Å². The number of fused-ring (bicyclic) bond motifs is 1. The number of anilines is 1. The minimum Gasteiger partial charge on any atom is -0.382 e. The predicted molar refractivity (Wildman–Crippen MR) is 175 cm³/mol. The summed E-state index contributed by atoms with van der Waals surface area (Å²) in [7, 11) is -0.262. The fraction of sp³-hybridized carbons (Fsp3) is 0.818. The van der Waals surface area contributed by atoms with Crippen LogP contribution in [0.15, 0.2) is 18.5 Å². The number of nitrogens with two attached hydrogens (primary N) is 1. The molecule has 1 saturated heterocycles. The molecule has 0 spiro atoms. The van der Waals surface area contributed by atoms with Crippen molar-refractivity contribution in [2.45, 2.75) is 154 Å². The van der Waals surface area contributed by atoms with Crippen LogP contribution in [-0.2, 0) is 18.5 Å². The van der Waals surface area contributed by atoms with Crippen LogP contribution in [0.2, 0.25) is 0 Å². The van der Waals surface area contributed by atoms with E-state index in [1.165, 1.54) is 109 Å². The van der Waals surface area contributed by atoms with E-state index in [1.54, 1.807) is 11.6 Å². The van der Waals surface area contributed by atoms with Gasteiger partial charge in [-0.1, -0.05) is 116 Å². The van der Waals surface area contributed by atoms with Gasteiger partial charge in [-0.25, -0.2) is 9.50 Å². The molecule has 1 fully saturated rings. The number of nitrogen functional groups attached to an aromatic ring is 1. The summed E-state index contributed by atoms with van der Waals surface area (Å²) in [5, 5.41) is 4.31. The second-order valence-corrected chi connectivity index (χ2v) is 13.1. The summed E-state index contributed by atoms with van der Waals surface area (Å²) >= 11 is 0. The topological polar surface area (TPSA) is 113 Å². The third kappa shape index (κ3) is 14.1. The highest BCUT2D eigenvalue weighted by molar-refractivity contribution is 7.40. The first-order valence-corrected chi connectivity index (χ1v) is 18.3. The van der Waals surface area contributed by atoms with Gasteiger partial charge in [-0.05, 0) is 31.4 Å². The third-order valence-electron chi connectivity index (χ3n) is 8.65. The van der Waals surface area contributed by atoms with E-state index in [0.29, 0.717) is 12.4 Å². The molecule has 0 aliphatic carbocycles. The van der Waals surface area contributed by atoms with Gasteiger partial charge in [-0.3, -0.25) is 0 Å². The van der Waals surface area contributed by atoms with E-state index in [-0.39, 0.29) is 24.9 Å². The van der Waals surface area contributed by atoms with Gasteiger partial charge in [0, 0.05) is 7.11 Å². The van der Waals surface area contributed by atoms with Crippen molar-refractivity contribution in [3.63, 3.8) is 0 Å². The Hall–Kier alpha value is -1.35. The normalized spacial score (nSPS) is 18.5. The molecule has 0 amide bonds. The van der Waals surface area contributed by atoms with Crippen molar-refractivity contribution in [1.82, 2.24) is 14.6 Å². The lowest BCUT2D eigenvalue weighted by atomic mass is 10.0. The number of nitrogens with zero attached hydrogens (tertiary/aromatic N) is 3. The van der Waals surface area contributed by atoms with Crippen LogP contribution in [0.1, 0.15) is 147 Å². The zero-order valence-corrected chi connectivity index (χ0v) is 27.9. The summed E-state index contributed by atoms with van der Waals surface area (Å²) in [5.41, 5.74) is 7.66. The SMILES string of the molecule is CCCCCCCCCCCCCCCCCCCC(COP(O)OCC1CCC(c2ccc3c(N)ncnn23)O1)OC. The van der Waals surface area contributed by atoms with Crippen LogP contribution in [0, 0.1) is 0 Å². The summed E-state index contributed by atoms with van der Waals surface area (Å²) in [6.07, 6.45) is 27.1. The highest BCUT2D eigenvalue weighted by atomic mass is 31.2. The van der Waals surface area contributed by atoms with E-state index in [2.05, 4.69) is 17.0 Å². The summed E-state index contributed by atoms with van der Waals surface area (Å²) < 4.78 is 24.7. The van der Waals surface area contributed by atoms with Gasteiger partial charge in [0.2, 0.25) is 0 Å². The average Bonchev–Trinajstić information content (AvgIpc) is 3.67. The summed E-state index contributed by atoms with van der Waals surface area (Å²) in [4.78, 5) is 14.3. The second-order valence-electron chi connectivity index (χ2n) is 12.2. The average molecular weight is 623 g/mol. The first kappa shape index (κ1) is 36.1. The molecule has 1 aliphatic heterocycles. The largest absolute Gasteiger partial charge is 0.382 e. The number of unbranched alkanes of at least 4 members (excludes halogenated alkanes) is 16. The monoisotopic (exact) mass is 622 g/mol. The molecule has 9 nitrogen and oxygen atoms in total. The molecule has 3 N–H and O–H groups in total. The molecule has 0 bridgehead atoms. The van der Waals surface area contributed by atoms with Crippen molar-refractivity contribution in [2.75, 3.05) is 26.1 Å². The van der Waals surface area contributed by atoms with Gasteiger partial charge in [0.25, 0.3) is 0 Å². The number of aromatic nitrogens is 3.